The Morgan fingerprint density at radius 3 is 2.38 bits per heavy atom. The smallest absolute Gasteiger partial charge is 0.342 e. The van der Waals surface area contributed by atoms with Gasteiger partial charge in [-0.3, -0.25) is 0 Å². The van der Waals surface area contributed by atoms with Crippen LogP contribution in [0.2, 0.25) is 25.7 Å². The Bertz CT molecular complexity index is 1790. The van der Waals surface area contributed by atoms with Gasteiger partial charge in [-0.25, -0.2) is 9.59 Å². The van der Waals surface area contributed by atoms with Crippen molar-refractivity contribution in [1.29, 1.82) is 1.28 Å². The molecule has 318 valence electrons. The molecule has 4 rings (SSSR count). The molecule has 0 bridgehead atoms. The van der Waals surface area contributed by atoms with Crippen molar-refractivity contribution in [3.05, 3.63) is 101 Å². The van der Waals surface area contributed by atoms with E-state index in [1.807, 2.05) is 76.2 Å². The van der Waals surface area contributed by atoms with Crippen LogP contribution >= 0.6 is 20.0 Å². The van der Waals surface area contributed by atoms with Gasteiger partial charge in [0.05, 0.1) is 32.8 Å². The zero-order chi connectivity index (χ0) is 43.0. The van der Waals surface area contributed by atoms with Crippen molar-refractivity contribution in [2.75, 3.05) is 27.6 Å². The molecule has 58 heavy (non-hydrogen) atoms. The van der Waals surface area contributed by atoms with Crippen molar-refractivity contribution in [3.8, 4) is 17.2 Å². The van der Waals surface area contributed by atoms with E-state index < -0.39 is 44.1 Å². The summed E-state index contributed by atoms with van der Waals surface area (Å²) in [7, 11) is 1.52. The van der Waals surface area contributed by atoms with Gasteiger partial charge in [0.2, 0.25) is 0 Å². The largest absolute Gasteiger partial charge is 0.497 e. The van der Waals surface area contributed by atoms with Crippen LogP contribution in [0.1, 0.15) is 72.4 Å². The maximum Gasteiger partial charge on any atom is 0.342 e. The molecule has 3 aromatic carbocycles. The summed E-state index contributed by atoms with van der Waals surface area (Å²) in [5.74, 6) is -0.402. The zero-order valence-electron chi connectivity index (χ0n) is 36.2. The highest BCUT2D eigenvalue weighted by molar-refractivity contribution is 8.40. The third-order valence-electron chi connectivity index (χ3n) is 9.62. The number of carbonyl (C=O) groups excluding carboxylic acids is 2. The Hall–Kier alpha value is -3.42. The summed E-state index contributed by atoms with van der Waals surface area (Å²) >= 11 is 1.11. The first-order valence-electron chi connectivity index (χ1n) is 20.1. The maximum atomic E-state index is 13.9. The number of esters is 2. The fourth-order valence-corrected chi connectivity index (χ4v) is 7.75. The van der Waals surface area contributed by atoms with Gasteiger partial charge >= 0.3 is 11.9 Å². The molecular formula is C44H61O11PSSi. The fraction of sp³-hybridized carbons (Fsp3) is 0.500. The van der Waals surface area contributed by atoms with Crippen molar-refractivity contribution < 1.29 is 51.7 Å². The average Bonchev–Trinajstić information content (AvgIpc) is 3.52. The van der Waals surface area contributed by atoms with Gasteiger partial charge in [0.1, 0.15) is 41.6 Å². The van der Waals surface area contributed by atoms with Gasteiger partial charge in [-0.2, -0.15) is 0 Å². The standard InChI is InChI=1S/C44H61O11PSSi/c1-30(31(2)55-57-56)18-23-37(52-42(45)33-14-11-10-12-15-33)41-38(53-44(3,4)54-41)17-13-16-34-26-36(50-28-32-19-21-35(48-6)22-20-32)27-39(51-29-47-5)40(34)43(46)49-24-25-58(7,8)9/h10-12,14-15,18-23,26-27,30-31,37-38,41H,13,16-17,24-25,28-29,56H2,1-9H3/t30-,31+,37?,38+,41-/m1/s1/i56T/t30-,31+,37?,38+,41-,56?. The topological polar surface area (TPSA) is 117 Å². The molecule has 14 heteroatoms. The second-order valence-electron chi connectivity index (χ2n) is 16.0. The minimum atomic E-state index is -1.48. The minimum absolute atomic E-state index is 0.0526. The molecule has 11 nitrogen and oxygen atoms in total. The molecule has 3 aromatic rings. The molecule has 0 aliphatic carbocycles. The third-order valence-corrected chi connectivity index (χ3v) is 12.0. The van der Waals surface area contributed by atoms with Crippen molar-refractivity contribution in [1.82, 2.24) is 0 Å². The van der Waals surface area contributed by atoms with E-state index in [-0.39, 0.29) is 33.8 Å². The van der Waals surface area contributed by atoms with Gasteiger partial charge in [-0.15, -0.1) is 0 Å². The highest BCUT2D eigenvalue weighted by atomic mass is 32.7. The second kappa shape index (κ2) is 22.8. The minimum Gasteiger partial charge on any atom is -0.497 e. The van der Waals surface area contributed by atoms with E-state index in [9.17, 15) is 9.59 Å². The first kappa shape index (κ1) is 45.7. The summed E-state index contributed by atoms with van der Waals surface area (Å²) in [5.41, 5.74) is 2.37. The average molecular weight is 859 g/mol. The molecule has 1 saturated heterocycles. The predicted octanol–water partition coefficient (Wildman–Crippen LogP) is 9.86. The SMILES string of the molecule is [3H]PSO[C@@H](C)[C@H](C)C=CC(OC(=O)c1ccccc1)[C@H]1OC(C)(C)O[C@H]1CCCc1cc(OCc2ccc(OC)cc2)cc(OCOC)c1C(=O)OCC[Si](C)(C)C. The van der Waals surface area contributed by atoms with E-state index in [4.69, 9.17) is 43.4 Å². The van der Waals surface area contributed by atoms with Gasteiger partial charge in [-0.1, -0.05) is 63.0 Å². The highest BCUT2D eigenvalue weighted by Gasteiger charge is 2.45. The Balaban J connectivity index is 1.62. The van der Waals surface area contributed by atoms with Crippen LogP contribution in [-0.4, -0.2) is 79.1 Å². The van der Waals surface area contributed by atoms with E-state index in [1.54, 1.807) is 37.4 Å². The van der Waals surface area contributed by atoms with Crippen molar-refractivity contribution in [3.63, 3.8) is 0 Å². The van der Waals surface area contributed by atoms with Crippen molar-refractivity contribution in [2.24, 2.45) is 5.92 Å². The van der Waals surface area contributed by atoms with Gasteiger partial charge in [0.15, 0.2) is 12.6 Å². The fourth-order valence-electron chi connectivity index (χ4n) is 6.25. The normalized spacial score (nSPS) is 18.5. The number of hydrogen-bond acceptors (Lipinski definition) is 12. The van der Waals surface area contributed by atoms with Crippen LogP contribution in [0.25, 0.3) is 0 Å². The van der Waals surface area contributed by atoms with Crippen LogP contribution < -0.4 is 14.2 Å². The molecule has 0 N–H and O–H groups in total. The lowest BCUT2D eigenvalue weighted by Gasteiger charge is -2.25. The van der Waals surface area contributed by atoms with Crippen LogP contribution in [0.5, 0.6) is 17.2 Å². The quantitative estimate of drug-likeness (QED) is 0.0213. The maximum absolute atomic E-state index is 13.9. The monoisotopic (exact) mass is 858 g/mol. The molecule has 1 aliphatic rings. The molecule has 0 amide bonds. The molecule has 0 aromatic heterocycles. The van der Waals surface area contributed by atoms with Gasteiger partial charge in [-0.05, 0) is 102 Å². The van der Waals surface area contributed by atoms with Crippen LogP contribution in [0, 0.1) is 5.92 Å². The van der Waals surface area contributed by atoms with Crippen LogP contribution in [0.15, 0.2) is 78.9 Å². The summed E-state index contributed by atoms with van der Waals surface area (Å²) in [6.45, 7) is 14.8. The van der Waals surface area contributed by atoms with Crippen LogP contribution in [0.4, 0.5) is 0 Å². The summed E-state index contributed by atoms with van der Waals surface area (Å²) in [6.07, 6.45) is 3.21. The highest BCUT2D eigenvalue weighted by Crippen LogP contribution is 2.36. The van der Waals surface area contributed by atoms with E-state index in [0.29, 0.717) is 54.1 Å². The first-order chi connectivity index (χ1) is 28.1. The molecule has 6 atom stereocenters. The van der Waals surface area contributed by atoms with Crippen molar-refractivity contribution in [2.45, 2.75) is 109 Å². The summed E-state index contributed by atoms with van der Waals surface area (Å²) in [4.78, 5) is 27.3. The molecule has 2 unspecified atom stereocenters. The van der Waals surface area contributed by atoms with Crippen LogP contribution in [-0.2, 0) is 40.9 Å². The molecule has 0 radical (unpaired) electrons. The molecular weight excluding hydrogens is 796 g/mol. The number of benzene rings is 3. The lowest BCUT2D eigenvalue weighted by molar-refractivity contribution is -0.153. The van der Waals surface area contributed by atoms with Crippen molar-refractivity contribution >= 4 is 40.1 Å². The van der Waals surface area contributed by atoms with E-state index >= 15 is 0 Å². The van der Waals surface area contributed by atoms with Gasteiger partial charge < -0.3 is 42.1 Å². The molecule has 0 saturated carbocycles. The van der Waals surface area contributed by atoms with Gasteiger partial charge in [0.25, 0.3) is 0 Å². The van der Waals surface area contributed by atoms with E-state index in [2.05, 4.69) is 19.6 Å². The Morgan fingerprint density at radius 1 is 0.966 bits per heavy atom. The molecule has 1 aliphatic heterocycles. The Kier molecular flexibility index (Phi) is 18.0. The number of rotatable bonds is 24. The third kappa shape index (κ3) is 15.0. The number of aryl methyl sites for hydroxylation is 1. The molecule has 1 heterocycles. The summed E-state index contributed by atoms with van der Waals surface area (Å²) in [5, 5.41) is 0. The summed E-state index contributed by atoms with van der Waals surface area (Å²) in [6, 6.07) is 20.8. The summed E-state index contributed by atoms with van der Waals surface area (Å²) < 4.78 is 61.0. The number of hydrogen-bond donors (Lipinski definition) is 0. The van der Waals surface area contributed by atoms with Gasteiger partial charge in [0, 0.05) is 38.8 Å². The number of ether oxygens (including phenoxy) is 8. The van der Waals surface area contributed by atoms with E-state index in [0.717, 1.165) is 29.0 Å². The Labute approximate surface area is 353 Å². The number of carbonyl (C=O) groups is 2. The first-order valence-corrected chi connectivity index (χ1v) is 25.3. The number of methoxy groups -OCH3 is 2. The van der Waals surface area contributed by atoms with E-state index in [1.165, 1.54) is 7.11 Å². The zero-order valence-corrected chi connectivity index (χ0v) is 38.1. The molecule has 1 fully saturated rings. The lowest BCUT2D eigenvalue weighted by atomic mass is 9.96. The Morgan fingerprint density at radius 2 is 1.71 bits per heavy atom. The molecule has 0 spiro atoms. The lowest BCUT2D eigenvalue weighted by Crippen LogP contribution is -2.38. The predicted molar refractivity (Wildman–Crippen MR) is 233 cm³/mol. The van der Waals surface area contributed by atoms with Crippen LogP contribution in [0.3, 0.4) is 0 Å². The second-order valence-corrected chi connectivity index (χ2v) is 22.5.